The van der Waals surface area contributed by atoms with Crippen molar-refractivity contribution in [1.82, 2.24) is 10.3 Å². The Bertz CT molecular complexity index is 929. The van der Waals surface area contributed by atoms with Crippen molar-refractivity contribution in [3.8, 4) is 5.75 Å². The SMILES string of the molecule is COc1cc(C(C)C)ccc1C1NCCc2c1[nH]c1ccc(Cl)cc21. The Morgan fingerprint density at radius 3 is 2.76 bits per heavy atom. The average molecular weight is 355 g/mol. The molecular weight excluding hydrogens is 332 g/mol. The second-order valence-electron chi connectivity index (χ2n) is 7.00. The normalized spacial score (nSPS) is 17.1. The predicted molar refractivity (Wildman–Crippen MR) is 104 cm³/mol. The number of methoxy groups -OCH3 is 1. The maximum atomic E-state index is 6.22. The molecule has 130 valence electrons. The molecule has 0 spiro atoms. The van der Waals surface area contributed by atoms with Gasteiger partial charge < -0.3 is 15.0 Å². The van der Waals surface area contributed by atoms with Crippen LogP contribution in [0.1, 0.15) is 48.2 Å². The van der Waals surface area contributed by atoms with E-state index in [0.29, 0.717) is 5.92 Å². The van der Waals surface area contributed by atoms with E-state index in [1.165, 1.54) is 27.8 Å². The summed E-state index contributed by atoms with van der Waals surface area (Å²) in [6.45, 7) is 5.34. The fraction of sp³-hybridized carbons (Fsp3) is 0.333. The van der Waals surface area contributed by atoms with Crippen molar-refractivity contribution in [1.29, 1.82) is 0 Å². The zero-order valence-corrected chi connectivity index (χ0v) is 15.6. The van der Waals surface area contributed by atoms with Gasteiger partial charge in [0, 0.05) is 33.7 Å². The molecule has 2 heterocycles. The third kappa shape index (κ3) is 2.82. The van der Waals surface area contributed by atoms with Crippen molar-refractivity contribution in [3.05, 3.63) is 63.8 Å². The lowest BCUT2D eigenvalue weighted by atomic mass is 9.92. The zero-order valence-electron chi connectivity index (χ0n) is 14.8. The maximum absolute atomic E-state index is 6.22. The molecule has 0 aliphatic carbocycles. The van der Waals surface area contributed by atoms with Crippen molar-refractivity contribution in [2.45, 2.75) is 32.2 Å². The fourth-order valence-corrected chi connectivity index (χ4v) is 3.96. The monoisotopic (exact) mass is 354 g/mol. The second kappa shape index (κ2) is 6.40. The van der Waals surface area contributed by atoms with E-state index in [1.54, 1.807) is 7.11 Å². The van der Waals surface area contributed by atoms with Crippen LogP contribution in [0.3, 0.4) is 0 Å². The summed E-state index contributed by atoms with van der Waals surface area (Å²) >= 11 is 6.22. The number of fused-ring (bicyclic) bond motifs is 3. The molecule has 1 aromatic heterocycles. The Labute approximate surface area is 153 Å². The first-order valence-corrected chi connectivity index (χ1v) is 9.17. The zero-order chi connectivity index (χ0) is 17.6. The molecule has 0 radical (unpaired) electrons. The van der Waals surface area contributed by atoms with Crippen LogP contribution in [-0.4, -0.2) is 18.6 Å². The van der Waals surface area contributed by atoms with E-state index in [2.05, 4.69) is 54.5 Å². The summed E-state index contributed by atoms with van der Waals surface area (Å²) in [5.74, 6) is 1.42. The van der Waals surface area contributed by atoms with Gasteiger partial charge >= 0.3 is 0 Å². The molecule has 1 atom stereocenters. The number of hydrogen-bond donors (Lipinski definition) is 2. The Morgan fingerprint density at radius 1 is 1.16 bits per heavy atom. The van der Waals surface area contributed by atoms with Crippen LogP contribution in [0, 0.1) is 0 Å². The van der Waals surface area contributed by atoms with Gasteiger partial charge in [-0.15, -0.1) is 0 Å². The summed E-state index contributed by atoms with van der Waals surface area (Å²) in [5.41, 5.74) is 6.18. The van der Waals surface area contributed by atoms with Gasteiger partial charge in [-0.2, -0.15) is 0 Å². The molecular formula is C21H23ClN2O. The van der Waals surface area contributed by atoms with Crippen LogP contribution in [0.2, 0.25) is 5.02 Å². The van der Waals surface area contributed by atoms with E-state index in [4.69, 9.17) is 16.3 Å². The second-order valence-corrected chi connectivity index (χ2v) is 7.44. The van der Waals surface area contributed by atoms with Crippen LogP contribution in [-0.2, 0) is 6.42 Å². The standard InChI is InChI=1S/C21H23ClN2O/c1-12(2)13-4-6-16(19(10-13)25-3)20-21-15(8-9-23-20)17-11-14(22)5-7-18(17)24-21/h4-7,10-12,20,23-24H,8-9H2,1-3H3. The number of halogens is 1. The van der Waals surface area contributed by atoms with Crippen molar-refractivity contribution in [2.75, 3.05) is 13.7 Å². The molecule has 0 amide bonds. The molecule has 4 heteroatoms. The summed E-state index contributed by atoms with van der Waals surface area (Å²) < 4.78 is 5.72. The number of hydrogen-bond acceptors (Lipinski definition) is 2. The maximum Gasteiger partial charge on any atom is 0.124 e. The summed E-state index contributed by atoms with van der Waals surface area (Å²) in [4.78, 5) is 3.60. The van der Waals surface area contributed by atoms with Gasteiger partial charge in [0.1, 0.15) is 5.75 Å². The van der Waals surface area contributed by atoms with Gasteiger partial charge in [0.25, 0.3) is 0 Å². The topological polar surface area (TPSA) is 37.0 Å². The Morgan fingerprint density at radius 2 is 2.00 bits per heavy atom. The van der Waals surface area contributed by atoms with E-state index in [0.717, 1.165) is 29.3 Å². The lowest BCUT2D eigenvalue weighted by Gasteiger charge is -2.26. The number of ether oxygens (including phenoxy) is 1. The molecule has 0 bridgehead atoms. The minimum Gasteiger partial charge on any atom is -0.496 e. The minimum atomic E-state index is 0.103. The van der Waals surface area contributed by atoms with Crippen LogP contribution in [0.4, 0.5) is 0 Å². The van der Waals surface area contributed by atoms with E-state index in [1.807, 2.05) is 6.07 Å². The summed E-state index contributed by atoms with van der Waals surface area (Å²) in [6, 6.07) is 12.7. The molecule has 2 N–H and O–H groups in total. The largest absolute Gasteiger partial charge is 0.496 e. The number of rotatable bonds is 3. The van der Waals surface area contributed by atoms with E-state index >= 15 is 0 Å². The number of nitrogens with one attached hydrogen (secondary N) is 2. The Kier molecular flexibility index (Phi) is 4.22. The van der Waals surface area contributed by atoms with Gasteiger partial charge in [-0.25, -0.2) is 0 Å². The van der Waals surface area contributed by atoms with Gasteiger partial charge in [0.05, 0.1) is 13.2 Å². The number of benzene rings is 2. The molecule has 25 heavy (non-hydrogen) atoms. The predicted octanol–water partition coefficient (Wildman–Crippen LogP) is 5.19. The Balaban J connectivity index is 1.85. The number of aromatic nitrogens is 1. The van der Waals surface area contributed by atoms with Gasteiger partial charge in [-0.05, 0) is 47.7 Å². The van der Waals surface area contributed by atoms with Crippen LogP contribution < -0.4 is 10.1 Å². The lowest BCUT2D eigenvalue weighted by Crippen LogP contribution is -2.30. The third-order valence-corrected chi connectivity index (χ3v) is 5.38. The van der Waals surface area contributed by atoms with Crippen molar-refractivity contribution in [3.63, 3.8) is 0 Å². The van der Waals surface area contributed by atoms with Gasteiger partial charge in [0.2, 0.25) is 0 Å². The fourth-order valence-electron chi connectivity index (χ4n) is 3.79. The quantitative estimate of drug-likeness (QED) is 0.679. The number of aromatic amines is 1. The highest BCUT2D eigenvalue weighted by Gasteiger charge is 2.27. The Hall–Kier alpha value is -1.97. The first-order valence-electron chi connectivity index (χ1n) is 8.79. The van der Waals surface area contributed by atoms with Gasteiger partial charge in [-0.1, -0.05) is 37.6 Å². The molecule has 0 fully saturated rings. The van der Waals surface area contributed by atoms with Gasteiger partial charge in [0.15, 0.2) is 0 Å². The molecule has 1 aliphatic heterocycles. The molecule has 0 saturated heterocycles. The molecule has 4 rings (SSSR count). The van der Waals surface area contributed by atoms with Crippen molar-refractivity contribution in [2.24, 2.45) is 0 Å². The molecule has 1 aliphatic rings. The van der Waals surface area contributed by atoms with Crippen LogP contribution in [0.25, 0.3) is 10.9 Å². The molecule has 1 unspecified atom stereocenters. The average Bonchev–Trinajstić information content (AvgIpc) is 2.99. The summed E-state index contributed by atoms with van der Waals surface area (Å²) in [5, 5.41) is 5.66. The van der Waals surface area contributed by atoms with Crippen molar-refractivity contribution >= 4 is 22.5 Å². The molecule has 0 saturated carbocycles. The van der Waals surface area contributed by atoms with Gasteiger partial charge in [-0.3, -0.25) is 0 Å². The number of H-pyrrole nitrogens is 1. The molecule has 3 nitrogen and oxygen atoms in total. The first kappa shape index (κ1) is 16.5. The van der Waals surface area contributed by atoms with E-state index in [9.17, 15) is 0 Å². The summed E-state index contributed by atoms with van der Waals surface area (Å²) in [6.07, 6.45) is 0.999. The van der Waals surface area contributed by atoms with Crippen LogP contribution >= 0.6 is 11.6 Å². The first-order chi connectivity index (χ1) is 12.1. The lowest BCUT2D eigenvalue weighted by molar-refractivity contribution is 0.401. The highest BCUT2D eigenvalue weighted by molar-refractivity contribution is 6.31. The molecule has 3 aromatic rings. The van der Waals surface area contributed by atoms with Crippen molar-refractivity contribution < 1.29 is 4.74 Å². The van der Waals surface area contributed by atoms with Crippen LogP contribution in [0.5, 0.6) is 5.75 Å². The molecule has 2 aromatic carbocycles. The third-order valence-electron chi connectivity index (χ3n) is 5.15. The van der Waals surface area contributed by atoms with E-state index < -0.39 is 0 Å². The minimum absolute atomic E-state index is 0.103. The van der Waals surface area contributed by atoms with Crippen LogP contribution in [0.15, 0.2) is 36.4 Å². The summed E-state index contributed by atoms with van der Waals surface area (Å²) in [7, 11) is 1.75. The highest BCUT2D eigenvalue weighted by Crippen LogP contribution is 2.38. The van der Waals surface area contributed by atoms with E-state index in [-0.39, 0.29) is 6.04 Å². The highest BCUT2D eigenvalue weighted by atomic mass is 35.5. The smallest absolute Gasteiger partial charge is 0.124 e.